The molecule has 2 aliphatic heterocycles. The highest BCUT2D eigenvalue weighted by molar-refractivity contribution is 5.93. The van der Waals surface area contributed by atoms with Crippen LogP contribution in [0.5, 0.6) is 0 Å². The summed E-state index contributed by atoms with van der Waals surface area (Å²) in [5.41, 5.74) is 0.781. The van der Waals surface area contributed by atoms with Crippen molar-refractivity contribution in [3.8, 4) is 11.3 Å². The highest BCUT2D eigenvalue weighted by Gasteiger charge is 2.47. The summed E-state index contributed by atoms with van der Waals surface area (Å²) < 4.78 is 11.4. The Labute approximate surface area is 153 Å². The van der Waals surface area contributed by atoms with E-state index in [4.69, 9.17) is 9.26 Å². The van der Waals surface area contributed by atoms with Crippen LogP contribution in [0.25, 0.3) is 11.3 Å². The Bertz CT molecular complexity index is 726. The first-order valence-electron chi connectivity index (χ1n) is 8.35. The number of ether oxygens (including phenoxy) is 1. The van der Waals surface area contributed by atoms with Crippen LogP contribution in [0, 0.1) is 0 Å². The van der Waals surface area contributed by atoms with Crippen molar-refractivity contribution in [3.63, 3.8) is 0 Å². The average Bonchev–Trinajstić information content (AvgIpc) is 3.26. The molecular formula is C18H22ClN3O3. The van der Waals surface area contributed by atoms with Gasteiger partial charge in [-0.15, -0.1) is 12.4 Å². The number of carbonyl (C=O) groups excluding carboxylic acids is 1. The number of hydrogen-bond donors (Lipinski definition) is 0. The second-order valence-corrected chi connectivity index (χ2v) is 6.50. The number of piperidine rings is 1. The molecule has 2 fully saturated rings. The molecule has 0 aliphatic carbocycles. The topological polar surface area (TPSA) is 58.8 Å². The van der Waals surface area contributed by atoms with Crippen LogP contribution in [0.4, 0.5) is 0 Å². The summed E-state index contributed by atoms with van der Waals surface area (Å²) in [6.07, 6.45) is 1.66. The van der Waals surface area contributed by atoms with Crippen LogP contribution in [0.15, 0.2) is 40.9 Å². The van der Waals surface area contributed by atoms with Crippen molar-refractivity contribution in [2.45, 2.75) is 18.6 Å². The third-order valence-corrected chi connectivity index (χ3v) is 4.98. The Morgan fingerprint density at radius 3 is 2.60 bits per heavy atom. The number of likely N-dealkylation sites (tertiary alicyclic amines) is 1. The Morgan fingerprint density at radius 2 is 1.88 bits per heavy atom. The van der Waals surface area contributed by atoms with Gasteiger partial charge in [-0.05, 0) is 7.05 Å². The molecule has 1 aromatic heterocycles. The number of nitrogens with zero attached hydrogens (tertiary/aromatic N) is 3. The van der Waals surface area contributed by atoms with Crippen LogP contribution in [0.2, 0.25) is 0 Å². The number of rotatable bonds is 2. The summed E-state index contributed by atoms with van der Waals surface area (Å²) in [5.74, 6) is 0.500. The van der Waals surface area contributed by atoms with E-state index in [1.54, 1.807) is 6.07 Å². The molecule has 2 saturated heterocycles. The molecule has 4 rings (SSSR count). The molecule has 3 heterocycles. The molecule has 0 radical (unpaired) electrons. The van der Waals surface area contributed by atoms with Gasteiger partial charge in [-0.3, -0.25) is 4.79 Å². The molecule has 1 amide bonds. The van der Waals surface area contributed by atoms with Crippen LogP contribution in [0.1, 0.15) is 23.3 Å². The summed E-state index contributed by atoms with van der Waals surface area (Å²) in [6, 6.07) is 11.4. The molecule has 0 N–H and O–H groups in total. The fourth-order valence-electron chi connectivity index (χ4n) is 3.53. The molecular weight excluding hydrogens is 342 g/mol. The summed E-state index contributed by atoms with van der Waals surface area (Å²) in [7, 11) is 2.09. The minimum Gasteiger partial charge on any atom is -0.355 e. The number of hydrogen-bond acceptors (Lipinski definition) is 5. The summed E-state index contributed by atoms with van der Waals surface area (Å²) in [5, 5.41) is 4.00. The quantitative estimate of drug-likeness (QED) is 0.821. The van der Waals surface area contributed by atoms with Gasteiger partial charge in [-0.1, -0.05) is 35.5 Å². The summed E-state index contributed by atoms with van der Waals surface area (Å²) in [4.78, 5) is 17.1. The lowest BCUT2D eigenvalue weighted by Crippen LogP contribution is -2.54. The first-order valence-corrected chi connectivity index (χ1v) is 8.35. The molecule has 0 saturated carbocycles. The van der Waals surface area contributed by atoms with Crippen molar-refractivity contribution < 1.29 is 14.1 Å². The zero-order chi connectivity index (χ0) is 16.6. The van der Waals surface area contributed by atoms with E-state index in [0.29, 0.717) is 24.6 Å². The number of aromatic nitrogens is 1. The first kappa shape index (κ1) is 17.9. The van der Waals surface area contributed by atoms with E-state index >= 15 is 0 Å². The van der Waals surface area contributed by atoms with Gasteiger partial charge in [0.2, 0.25) is 0 Å². The van der Waals surface area contributed by atoms with Gasteiger partial charge in [0.05, 0.1) is 6.61 Å². The standard InChI is InChI=1S/C18H21N3O3.ClH/c1-20-9-7-18(8-10-20)21(11-12-23-18)17(22)15-13-16(24-19-15)14-5-3-2-4-6-14;/h2-6,13H,7-12H2,1H3;1H. The smallest absolute Gasteiger partial charge is 0.278 e. The summed E-state index contributed by atoms with van der Waals surface area (Å²) in [6.45, 7) is 3.05. The maximum Gasteiger partial charge on any atom is 0.278 e. The lowest BCUT2D eigenvalue weighted by molar-refractivity contribution is -0.102. The molecule has 1 spiro atoms. The van der Waals surface area contributed by atoms with Crippen LogP contribution in [-0.2, 0) is 4.74 Å². The Kier molecular flexibility index (Phi) is 5.13. The van der Waals surface area contributed by atoms with Crippen LogP contribution >= 0.6 is 12.4 Å². The molecule has 0 unspecified atom stereocenters. The number of carbonyl (C=O) groups is 1. The molecule has 6 nitrogen and oxygen atoms in total. The van der Waals surface area contributed by atoms with Crippen LogP contribution < -0.4 is 0 Å². The number of benzene rings is 1. The second kappa shape index (κ2) is 7.15. The van der Waals surface area contributed by atoms with Gasteiger partial charge >= 0.3 is 0 Å². The fourth-order valence-corrected chi connectivity index (χ4v) is 3.53. The predicted molar refractivity (Wildman–Crippen MR) is 95.6 cm³/mol. The summed E-state index contributed by atoms with van der Waals surface area (Å²) >= 11 is 0. The van der Waals surface area contributed by atoms with Gasteiger partial charge < -0.3 is 19.1 Å². The minimum absolute atomic E-state index is 0. The predicted octanol–water partition coefficient (Wildman–Crippen LogP) is 2.66. The lowest BCUT2D eigenvalue weighted by atomic mass is 9.99. The van der Waals surface area contributed by atoms with E-state index in [-0.39, 0.29) is 18.3 Å². The first-order chi connectivity index (χ1) is 11.7. The molecule has 2 aliphatic rings. The zero-order valence-corrected chi connectivity index (χ0v) is 15.0. The third kappa shape index (κ3) is 3.29. The normalized spacial score (nSPS) is 19.8. The van der Waals surface area contributed by atoms with Crippen molar-refractivity contribution in [1.29, 1.82) is 0 Å². The van der Waals surface area contributed by atoms with E-state index < -0.39 is 5.72 Å². The van der Waals surface area contributed by atoms with Gasteiger partial charge in [0.25, 0.3) is 5.91 Å². The maximum atomic E-state index is 13.0. The Hall–Kier alpha value is -1.89. The number of halogens is 1. The van der Waals surface area contributed by atoms with Crippen LogP contribution in [0.3, 0.4) is 0 Å². The van der Waals surface area contributed by atoms with Gasteiger partial charge in [0.15, 0.2) is 11.5 Å². The van der Waals surface area contributed by atoms with Crippen molar-refractivity contribution in [3.05, 3.63) is 42.1 Å². The number of amides is 1. The largest absolute Gasteiger partial charge is 0.355 e. The van der Waals surface area contributed by atoms with Gasteiger partial charge in [0, 0.05) is 44.1 Å². The molecule has 0 atom stereocenters. The highest BCUT2D eigenvalue weighted by atomic mass is 35.5. The van der Waals surface area contributed by atoms with Gasteiger partial charge in [0.1, 0.15) is 5.72 Å². The third-order valence-electron chi connectivity index (χ3n) is 4.98. The zero-order valence-electron chi connectivity index (χ0n) is 14.2. The molecule has 134 valence electrons. The molecule has 0 bridgehead atoms. The molecule has 2 aromatic rings. The Morgan fingerprint density at radius 1 is 1.16 bits per heavy atom. The van der Waals surface area contributed by atoms with Gasteiger partial charge in [-0.25, -0.2) is 0 Å². The molecule has 1 aromatic carbocycles. The SMILES string of the molecule is CN1CCC2(CC1)OCCN2C(=O)c1cc(-c2ccccc2)on1.Cl. The lowest BCUT2D eigenvalue weighted by Gasteiger charge is -2.42. The van der Waals surface area contributed by atoms with Crippen molar-refractivity contribution in [2.24, 2.45) is 0 Å². The van der Waals surface area contributed by atoms with E-state index in [1.165, 1.54) is 0 Å². The monoisotopic (exact) mass is 363 g/mol. The van der Waals surface area contributed by atoms with E-state index in [0.717, 1.165) is 31.5 Å². The van der Waals surface area contributed by atoms with Crippen molar-refractivity contribution >= 4 is 18.3 Å². The van der Waals surface area contributed by atoms with E-state index in [9.17, 15) is 4.79 Å². The molecule has 25 heavy (non-hydrogen) atoms. The van der Waals surface area contributed by atoms with Crippen molar-refractivity contribution in [1.82, 2.24) is 15.0 Å². The van der Waals surface area contributed by atoms with Crippen LogP contribution in [-0.4, -0.2) is 59.9 Å². The highest BCUT2D eigenvalue weighted by Crippen LogP contribution is 2.35. The Balaban J connectivity index is 0.00000182. The minimum atomic E-state index is -0.477. The van der Waals surface area contributed by atoms with Crippen molar-refractivity contribution in [2.75, 3.05) is 33.3 Å². The fraction of sp³-hybridized carbons (Fsp3) is 0.444. The van der Waals surface area contributed by atoms with E-state index in [1.807, 2.05) is 35.2 Å². The average molecular weight is 364 g/mol. The second-order valence-electron chi connectivity index (χ2n) is 6.50. The van der Waals surface area contributed by atoms with Gasteiger partial charge in [-0.2, -0.15) is 0 Å². The maximum absolute atomic E-state index is 13.0. The van der Waals surface area contributed by atoms with E-state index in [2.05, 4.69) is 17.1 Å². The molecule has 7 heteroatoms.